The van der Waals surface area contributed by atoms with Gasteiger partial charge in [-0.05, 0) is 12.1 Å². The second-order valence-corrected chi connectivity index (χ2v) is 3.92. The third kappa shape index (κ3) is 1.84. The molecule has 1 aromatic carbocycles. The van der Waals surface area contributed by atoms with Crippen LogP contribution in [0.3, 0.4) is 0 Å². The molecule has 0 aromatic heterocycles. The third-order valence-corrected chi connectivity index (χ3v) is 2.68. The van der Waals surface area contributed by atoms with Crippen molar-refractivity contribution in [3.8, 4) is 5.75 Å². The highest BCUT2D eigenvalue weighted by Crippen LogP contribution is 2.21. The molecular formula is C6H8O4SSi. The van der Waals surface area contributed by atoms with Crippen molar-refractivity contribution < 1.29 is 17.4 Å². The summed E-state index contributed by atoms with van der Waals surface area (Å²) in [6, 6.07) is 5.95. The van der Waals surface area contributed by atoms with Crippen LogP contribution in [0.25, 0.3) is 0 Å². The van der Waals surface area contributed by atoms with Crippen LogP contribution in [0.5, 0.6) is 5.75 Å². The lowest BCUT2D eigenvalue weighted by Crippen LogP contribution is -2.01. The summed E-state index contributed by atoms with van der Waals surface area (Å²) in [5.74, 6) is 0.201. The highest BCUT2D eigenvalue weighted by atomic mass is 32.2. The first-order valence-electron chi connectivity index (χ1n) is 3.16. The van der Waals surface area contributed by atoms with E-state index in [-0.39, 0.29) is 10.6 Å². The topological polar surface area (TPSA) is 63.6 Å². The fourth-order valence-corrected chi connectivity index (χ4v) is 1.99. The normalized spacial score (nSPS) is 11.4. The molecule has 1 rings (SSSR count). The van der Waals surface area contributed by atoms with E-state index >= 15 is 0 Å². The fraction of sp³-hybridized carbons (Fsp3) is 0. The average molecular weight is 204 g/mol. The third-order valence-electron chi connectivity index (χ3n) is 1.35. The van der Waals surface area contributed by atoms with Crippen LogP contribution in [-0.4, -0.2) is 23.5 Å². The first kappa shape index (κ1) is 9.24. The van der Waals surface area contributed by atoms with Crippen molar-refractivity contribution in [2.24, 2.45) is 0 Å². The van der Waals surface area contributed by atoms with Crippen LogP contribution in [0.2, 0.25) is 0 Å². The van der Waals surface area contributed by atoms with E-state index in [4.69, 9.17) is 8.98 Å². The molecule has 66 valence electrons. The van der Waals surface area contributed by atoms with Crippen molar-refractivity contribution in [1.82, 2.24) is 0 Å². The zero-order valence-corrected chi connectivity index (χ0v) is 9.21. The molecule has 0 amide bonds. The maximum Gasteiger partial charge on any atom is 0.298 e. The summed E-state index contributed by atoms with van der Waals surface area (Å²) >= 11 is 0. The molecule has 0 aliphatic heterocycles. The van der Waals surface area contributed by atoms with Crippen molar-refractivity contribution >= 4 is 20.6 Å². The Morgan fingerprint density at radius 2 is 1.92 bits per heavy atom. The molecule has 0 saturated carbocycles. The maximum atomic E-state index is 10.7. The van der Waals surface area contributed by atoms with Gasteiger partial charge < -0.3 is 4.43 Å². The molecule has 0 aliphatic carbocycles. The van der Waals surface area contributed by atoms with Crippen LogP contribution < -0.4 is 4.43 Å². The van der Waals surface area contributed by atoms with Gasteiger partial charge in [0.25, 0.3) is 10.1 Å². The minimum absolute atomic E-state index is 0.181. The lowest BCUT2D eigenvalue weighted by atomic mass is 10.3. The number of hydrogen-bond donors (Lipinski definition) is 1. The SMILES string of the molecule is O=S(=O)(O)c1ccccc1O[SiH3]. The maximum absolute atomic E-state index is 10.7. The van der Waals surface area contributed by atoms with E-state index in [1.54, 1.807) is 6.07 Å². The van der Waals surface area contributed by atoms with E-state index in [0.717, 1.165) is 0 Å². The van der Waals surface area contributed by atoms with E-state index < -0.39 is 10.1 Å². The fourth-order valence-electron chi connectivity index (χ4n) is 0.832. The summed E-state index contributed by atoms with van der Waals surface area (Å²) in [5.41, 5.74) is 0. The second kappa shape index (κ2) is 3.26. The highest BCUT2D eigenvalue weighted by molar-refractivity contribution is 7.86. The van der Waals surface area contributed by atoms with Crippen molar-refractivity contribution in [1.29, 1.82) is 0 Å². The van der Waals surface area contributed by atoms with Gasteiger partial charge in [0.15, 0.2) is 0 Å². The Balaban J connectivity index is 3.33. The minimum Gasteiger partial charge on any atom is -0.552 e. The zero-order valence-electron chi connectivity index (χ0n) is 6.39. The molecule has 0 fully saturated rings. The zero-order chi connectivity index (χ0) is 9.19. The van der Waals surface area contributed by atoms with Crippen molar-refractivity contribution in [2.75, 3.05) is 0 Å². The monoisotopic (exact) mass is 204 g/mol. The van der Waals surface area contributed by atoms with Crippen LogP contribution in [-0.2, 0) is 10.1 Å². The molecule has 0 atom stereocenters. The van der Waals surface area contributed by atoms with Gasteiger partial charge in [-0.25, -0.2) is 0 Å². The van der Waals surface area contributed by atoms with Gasteiger partial charge in [0, 0.05) is 0 Å². The summed E-state index contributed by atoms with van der Waals surface area (Å²) < 4.78 is 35.0. The van der Waals surface area contributed by atoms with Gasteiger partial charge in [-0.15, -0.1) is 0 Å². The molecule has 0 radical (unpaired) electrons. The van der Waals surface area contributed by atoms with Crippen LogP contribution >= 0.6 is 0 Å². The summed E-state index contributed by atoms with van der Waals surface area (Å²) in [7, 11) is -3.77. The van der Waals surface area contributed by atoms with E-state index in [1.807, 2.05) is 0 Å². The van der Waals surface area contributed by atoms with Crippen LogP contribution in [0.1, 0.15) is 0 Å². The smallest absolute Gasteiger partial charge is 0.298 e. The van der Waals surface area contributed by atoms with Gasteiger partial charge in [-0.2, -0.15) is 8.42 Å². The van der Waals surface area contributed by atoms with Crippen molar-refractivity contribution in [2.45, 2.75) is 4.90 Å². The lowest BCUT2D eigenvalue weighted by molar-refractivity contribution is 0.477. The van der Waals surface area contributed by atoms with E-state index in [2.05, 4.69) is 0 Å². The first-order chi connectivity index (χ1) is 5.55. The first-order valence-corrected chi connectivity index (χ1v) is 5.42. The van der Waals surface area contributed by atoms with Gasteiger partial charge in [0.05, 0.1) is 0 Å². The Hall–Kier alpha value is -0.853. The van der Waals surface area contributed by atoms with Crippen LogP contribution in [0.4, 0.5) is 0 Å². The lowest BCUT2D eigenvalue weighted by Gasteiger charge is -2.04. The second-order valence-electron chi connectivity index (χ2n) is 2.13. The Labute approximate surface area is 73.5 Å². The Morgan fingerprint density at radius 3 is 2.33 bits per heavy atom. The summed E-state index contributed by atoms with van der Waals surface area (Å²) in [4.78, 5) is -0.181. The standard InChI is InChI=1S/C6H8O4SSi/c7-11(8,9)6-4-2-1-3-5(6)10-12/h1-4H,12H3,(H,7,8,9). The van der Waals surface area contributed by atoms with Crippen LogP contribution in [0, 0.1) is 0 Å². The number of benzene rings is 1. The molecule has 0 saturated heterocycles. The number of para-hydroxylation sites is 1. The molecule has 0 bridgehead atoms. The molecule has 0 aliphatic rings. The van der Waals surface area contributed by atoms with Gasteiger partial charge in [0.1, 0.15) is 10.6 Å². The Morgan fingerprint density at radius 1 is 1.33 bits per heavy atom. The van der Waals surface area contributed by atoms with E-state index in [1.165, 1.54) is 18.2 Å². The van der Waals surface area contributed by atoms with Crippen molar-refractivity contribution in [3.63, 3.8) is 0 Å². The molecule has 1 N–H and O–H groups in total. The largest absolute Gasteiger partial charge is 0.552 e. The number of hydrogen-bond acceptors (Lipinski definition) is 3. The molecule has 0 unspecified atom stereocenters. The summed E-state index contributed by atoms with van der Waals surface area (Å²) in [6.45, 7) is 0. The molecule has 4 nitrogen and oxygen atoms in total. The molecule has 0 spiro atoms. The summed E-state index contributed by atoms with van der Waals surface area (Å²) in [6.07, 6.45) is 0. The molecule has 1 aromatic rings. The molecular weight excluding hydrogens is 196 g/mol. The highest BCUT2D eigenvalue weighted by Gasteiger charge is 2.13. The van der Waals surface area contributed by atoms with Gasteiger partial charge in [-0.3, -0.25) is 4.55 Å². The molecule has 6 heteroatoms. The van der Waals surface area contributed by atoms with Gasteiger partial charge in [-0.1, -0.05) is 12.1 Å². The summed E-state index contributed by atoms with van der Waals surface area (Å²) in [5, 5.41) is 0. The number of rotatable bonds is 2. The molecule has 12 heavy (non-hydrogen) atoms. The van der Waals surface area contributed by atoms with Crippen LogP contribution in [0.15, 0.2) is 29.2 Å². The van der Waals surface area contributed by atoms with E-state index in [9.17, 15) is 8.42 Å². The minimum atomic E-state index is -4.15. The Bertz CT molecular complexity index is 373. The predicted molar refractivity (Wildman–Crippen MR) is 46.8 cm³/mol. The average Bonchev–Trinajstić information content (AvgIpc) is 2.03. The van der Waals surface area contributed by atoms with E-state index in [0.29, 0.717) is 10.5 Å². The Kier molecular flexibility index (Phi) is 2.51. The van der Waals surface area contributed by atoms with Gasteiger partial charge >= 0.3 is 0 Å². The van der Waals surface area contributed by atoms with Gasteiger partial charge in [0.2, 0.25) is 10.5 Å². The van der Waals surface area contributed by atoms with Crippen molar-refractivity contribution in [3.05, 3.63) is 24.3 Å². The molecule has 0 heterocycles. The predicted octanol–water partition coefficient (Wildman–Crippen LogP) is -0.407. The quantitative estimate of drug-likeness (QED) is 0.525.